The van der Waals surface area contributed by atoms with Crippen molar-refractivity contribution < 1.29 is 4.79 Å². The molecule has 3 nitrogen and oxygen atoms in total. The Morgan fingerprint density at radius 3 is 2.29 bits per heavy atom. The van der Waals surface area contributed by atoms with Crippen molar-refractivity contribution in [3.05, 3.63) is 0 Å². The molecule has 0 rings (SSSR count). The van der Waals surface area contributed by atoms with Crippen molar-refractivity contribution in [1.29, 1.82) is 0 Å². The molecule has 14 heavy (non-hydrogen) atoms. The molecule has 0 bridgehead atoms. The van der Waals surface area contributed by atoms with Crippen molar-refractivity contribution in [3.63, 3.8) is 0 Å². The molecule has 0 fully saturated rings. The minimum atomic E-state index is -0.352. The maximum Gasteiger partial charge on any atom is 0.237 e. The van der Waals surface area contributed by atoms with Crippen LogP contribution in [-0.2, 0) is 4.79 Å². The first-order valence-corrected chi connectivity index (χ1v) is 5.57. The van der Waals surface area contributed by atoms with Crippen LogP contribution in [0.15, 0.2) is 0 Å². The van der Waals surface area contributed by atoms with Gasteiger partial charge in [0.15, 0.2) is 0 Å². The second-order valence-corrected chi connectivity index (χ2v) is 4.17. The Morgan fingerprint density at radius 2 is 1.86 bits per heavy atom. The first kappa shape index (κ1) is 13.4. The Labute approximate surface area is 87.4 Å². The zero-order chi connectivity index (χ0) is 11.1. The molecule has 0 aromatic rings. The summed E-state index contributed by atoms with van der Waals surface area (Å²) in [6.45, 7) is 8.31. The third-order valence-corrected chi connectivity index (χ3v) is 2.62. The molecule has 84 valence electrons. The zero-order valence-electron chi connectivity index (χ0n) is 9.84. The summed E-state index contributed by atoms with van der Waals surface area (Å²) in [5.74, 6) is 0.631. The molecule has 0 aliphatic heterocycles. The maximum absolute atomic E-state index is 11.4. The fraction of sp³-hybridized carbons (Fsp3) is 0.909. The molecule has 0 spiro atoms. The van der Waals surface area contributed by atoms with E-state index in [0.29, 0.717) is 12.3 Å². The highest BCUT2D eigenvalue weighted by molar-refractivity contribution is 5.81. The SMILES string of the molecule is CCC(C)CC(C)NC(=O)[C@H](N)CC. The molecular formula is C11H24N2O. The van der Waals surface area contributed by atoms with Crippen LogP contribution >= 0.6 is 0 Å². The highest BCUT2D eigenvalue weighted by atomic mass is 16.2. The van der Waals surface area contributed by atoms with Gasteiger partial charge < -0.3 is 11.1 Å². The van der Waals surface area contributed by atoms with Gasteiger partial charge in [-0.1, -0.05) is 27.2 Å². The van der Waals surface area contributed by atoms with Crippen molar-refractivity contribution in [3.8, 4) is 0 Å². The zero-order valence-corrected chi connectivity index (χ0v) is 9.84. The van der Waals surface area contributed by atoms with E-state index in [-0.39, 0.29) is 18.0 Å². The van der Waals surface area contributed by atoms with Gasteiger partial charge in [-0.3, -0.25) is 4.79 Å². The number of nitrogens with one attached hydrogen (secondary N) is 1. The van der Waals surface area contributed by atoms with Crippen LogP contribution in [0.2, 0.25) is 0 Å². The summed E-state index contributed by atoms with van der Waals surface area (Å²) in [7, 11) is 0. The lowest BCUT2D eigenvalue weighted by molar-refractivity contribution is -0.123. The van der Waals surface area contributed by atoms with Crippen molar-refractivity contribution in [2.75, 3.05) is 0 Å². The molecule has 2 unspecified atom stereocenters. The maximum atomic E-state index is 11.4. The summed E-state index contributed by atoms with van der Waals surface area (Å²) in [4.78, 5) is 11.4. The molecule has 0 saturated heterocycles. The van der Waals surface area contributed by atoms with E-state index in [1.807, 2.05) is 13.8 Å². The monoisotopic (exact) mass is 200 g/mol. The predicted molar refractivity (Wildman–Crippen MR) is 59.9 cm³/mol. The van der Waals surface area contributed by atoms with Crippen LogP contribution in [0.25, 0.3) is 0 Å². The van der Waals surface area contributed by atoms with Crippen LogP contribution in [0.3, 0.4) is 0 Å². The first-order valence-electron chi connectivity index (χ1n) is 5.57. The summed E-state index contributed by atoms with van der Waals surface area (Å²) in [5.41, 5.74) is 5.62. The Hall–Kier alpha value is -0.570. The van der Waals surface area contributed by atoms with Crippen molar-refractivity contribution in [2.45, 2.75) is 59.0 Å². The van der Waals surface area contributed by atoms with E-state index in [9.17, 15) is 4.79 Å². The highest BCUT2D eigenvalue weighted by Crippen LogP contribution is 2.09. The van der Waals surface area contributed by atoms with Gasteiger partial charge in [0.1, 0.15) is 0 Å². The van der Waals surface area contributed by atoms with E-state index in [2.05, 4.69) is 19.2 Å². The van der Waals surface area contributed by atoms with Gasteiger partial charge in [0, 0.05) is 6.04 Å². The van der Waals surface area contributed by atoms with Crippen LogP contribution in [-0.4, -0.2) is 18.0 Å². The third kappa shape index (κ3) is 5.22. The van der Waals surface area contributed by atoms with Crippen molar-refractivity contribution >= 4 is 5.91 Å². The minimum absolute atomic E-state index is 0.0247. The lowest BCUT2D eigenvalue weighted by Gasteiger charge is -2.19. The predicted octanol–water partition coefficient (Wildman–Crippen LogP) is 1.66. The second kappa shape index (κ2) is 6.82. The van der Waals surface area contributed by atoms with E-state index >= 15 is 0 Å². The lowest BCUT2D eigenvalue weighted by Crippen LogP contribution is -2.44. The summed E-state index contributed by atoms with van der Waals surface area (Å²) >= 11 is 0. The van der Waals surface area contributed by atoms with Crippen molar-refractivity contribution in [1.82, 2.24) is 5.32 Å². The third-order valence-electron chi connectivity index (χ3n) is 2.62. The van der Waals surface area contributed by atoms with Gasteiger partial charge in [0.05, 0.1) is 6.04 Å². The molecule has 3 atom stereocenters. The fourth-order valence-electron chi connectivity index (χ4n) is 1.36. The smallest absolute Gasteiger partial charge is 0.237 e. The van der Waals surface area contributed by atoms with E-state index in [4.69, 9.17) is 5.73 Å². The molecule has 1 amide bonds. The van der Waals surface area contributed by atoms with Gasteiger partial charge in [-0.15, -0.1) is 0 Å². The fourth-order valence-corrected chi connectivity index (χ4v) is 1.36. The molecule has 3 N–H and O–H groups in total. The van der Waals surface area contributed by atoms with Gasteiger partial charge in [0.25, 0.3) is 0 Å². The topological polar surface area (TPSA) is 55.1 Å². The second-order valence-electron chi connectivity index (χ2n) is 4.17. The molecule has 0 heterocycles. The standard InChI is InChI=1S/C11H24N2O/c1-5-8(3)7-9(4)13-11(14)10(12)6-2/h8-10H,5-7,12H2,1-4H3,(H,13,14)/t8?,9?,10-/m1/s1. The average molecular weight is 200 g/mol. The molecule has 0 aromatic heterocycles. The minimum Gasteiger partial charge on any atom is -0.352 e. The van der Waals surface area contributed by atoms with E-state index in [1.165, 1.54) is 0 Å². The van der Waals surface area contributed by atoms with Crippen LogP contribution in [0.5, 0.6) is 0 Å². The lowest BCUT2D eigenvalue weighted by atomic mass is 10.00. The molecular weight excluding hydrogens is 176 g/mol. The number of rotatable bonds is 6. The van der Waals surface area contributed by atoms with Crippen molar-refractivity contribution in [2.24, 2.45) is 11.7 Å². The largest absolute Gasteiger partial charge is 0.352 e. The number of hydrogen-bond acceptors (Lipinski definition) is 2. The van der Waals surface area contributed by atoms with Crippen LogP contribution in [0, 0.1) is 5.92 Å². The first-order chi connectivity index (χ1) is 6.51. The van der Waals surface area contributed by atoms with E-state index in [0.717, 1.165) is 12.8 Å². The molecule has 3 heteroatoms. The Morgan fingerprint density at radius 1 is 1.29 bits per heavy atom. The normalized spacial score (nSPS) is 17.2. The molecule has 0 saturated carbocycles. The number of amides is 1. The quantitative estimate of drug-likeness (QED) is 0.685. The Kier molecular flexibility index (Phi) is 6.54. The van der Waals surface area contributed by atoms with Gasteiger partial charge in [-0.25, -0.2) is 0 Å². The number of nitrogens with two attached hydrogens (primary N) is 1. The number of hydrogen-bond donors (Lipinski definition) is 2. The summed E-state index contributed by atoms with van der Waals surface area (Å²) < 4.78 is 0. The van der Waals surface area contributed by atoms with Gasteiger partial charge >= 0.3 is 0 Å². The molecule has 0 radical (unpaired) electrons. The van der Waals surface area contributed by atoms with Crippen LogP contribution in [0.4, 0.5) is 0 Å². The van der Waals surface area contributed by atoms with Crippen LogP contribution < -0.4 is 11.1 Å². The number of carbonyl (C=O) groups excluding carboxylic acids is 1. The Balaban J connectivity index is 3.82. The summed E-state index contributed by atoms with van der Waals surface area (Å²) in [6, 6.07) is -0.121. The Bertz CT molecular complexity index is 171. The van der Waals surface area contributed by atoms with Crippen LogP contribution in [0.1, 0.15) is 47.0 Å². The van der Waals surface area contributed by atoms with Gasteiger partial charge in [0.2, 0.25) is 5.91 Å². The average Bonchev–Trinajstić information content (AvgIpc) is 2.15. The summed E-state index contributed by atoms with van der Waals surface area (Å²) in [6.07, 6.45) is 2.88. The van der Waals surface area contributed by atoms with E-state index < -0.39 is 0 Å². The van der Waals surface area contributed by atoms with Gasteiger partial charge in [-0.2, -0.15) is 0 Å². The van der Waals surface area contributed by atoms with E-state index in [1.54, 1.807) is 0 Å². The van der Waals surface area contributed by atoms with Gasteiger partial charge in [-0.05, 0) is 25.7 Å². The molecule has 0 aliphatic carbocycles. The molecule has 0 aliphatic rings. The number of carbonyl (C=O) groups is 1. The summed E-state index contributed by atoms with van der Waals surface area (Å²) in [5, 5.41) is 2.93. The molecule has 0 aromatic carbocycles. The highest BCUT2D eigenvalue weighted by Gasteiger charge is 2.14.